The van der Waals surface area contributed by atoms with E-state index in [2.05, 4.69) is 29.9 Å². The van der Waals surface area contributed by atoms with Gasteiger partial charge in [-0.25, -0.2) is 4.68 Å². The highest BCUT2D eigenvalue weighted by molar-refractivity contribution is 5.40. The molecule has 1 aliphatic heterocycles. The number of hydrogen-bond acceptors (Lipinski definition) is 2. The minimum Gasteiger partial charge on any atom is -0.370 e. The van der Waals surface area contributed by atoms with Crippen LogP contribution in [0.5, 0.6) is 0 Å². The molecule has 3 rings (SSSR count). The summed E-state index contributed by atoms with van der Waals surface area (Å²) >= 11 is 0. The number of aromatic nitrogens is 2. The van der Waals surface area contributed by atoms with Crippen molar-refractivity contribution in [3.63, 3.8) is 0 Å². The topological polar surface area (TPSA) is 29.9 Å². The minimum atomic E-state index is 0.627. The van der Waals surface area contributed by atoms with Gasteiger partial charge in [0.2, 0.25) is 0 Å². The lowest BCUT2D eigenvalue weighted by molar-refractivity contribution is 0.221. The summed E-state index contributed by atoms with van der Waals surface area (Å²) in [7, 11) is 0. The summed E-state index contributed by atoms with van der Waals surface area (Å²) in [5.41, 5.74) is 1.31. The van der Waals surface area contributed by atoms with E-state index < -0.39 is 0 Å². The van der Waals surface area contributed by atoms with Gasteiger partial charge >= 0.3 is 0 Å². The standard InChI is InChI=1S/C17H29N3/c1-3-13(4-2)15-12-17-18-11-10-16(20(17)19-15)14-8-6-5-7-9-14/h12-14,16,18H,3-11H2,1-2H3. The zero-order valence-electron chi connectivity index (χ0n) is 13.1. The van der Waals surface area contributed by atoms with Crippen molar-refractivity contribution in [2.45, 2.75) is 77.2 Å². The molecule has 0 saturated heterocycles. The third kappa shape index (κ3) is 2.59. The van der Waals surface area contributed by atoms with Gasteiger partial charge in [-0.3, -0.25) is 0 Å². The predicted molar refractivity (Wildman–Crippen MR) is 84.3 cm³/mol. The molecule has 0 aromatic carbocycles. The maximum absolute atomic E-state index is 5.00. The number of nitrogens with one attached hydrogen (secondary N) is 1. The van der Waals surface area contributed by atoms with E-state index in [1.807, 2.05) is 0 Å². The molecule has 1 unspecified atom stereocenters. The number of hydrogen-bond donors (Lipinski definition) is 1. The molecule has 20 heavy (non-hydrogen) atoms. The highest BCUT2D eigenvalue weighted by Gasteiger charge is 2.30. The van der Waals surface area contributed by atoms with Gasteiger partial charge < -0.3 is 5.32 Å². The highest BCUT2D eigenvalue weighted by atomic mass is 15.4. The lowest BCUT2D eigenvalue weighted by Crippen LogP contribution is -2.30. The third-order valence-corrected chi connectivity index (χ3v) is 5.41. The van der Waals surface area contributed by atoms with Crippen LogP contribution >= 0.6 is 0 Å². The Balaban J connectivity index is 1.84. The van der Waals surface area contributed by atoms with Crippen LogP contribution in [0.4, 0.5) is 5.82 Å². The van der Waals surface area contributed by atoms with Gasteiger partial charge in [-0.15, -0.1) is 0 Å². The zero-order chi connectivity index (χ0) is 13.9. The fourth-order valence-electron chi connectivity index (χ4n) is 4.13. The molecule has 1 N–H and O–H groups in total. The third-order valence-electron chi connectivity index (χ3n) is 5.41. The molecule has 0 bridgehead atoms. The molecule has 0 spiro atoms. The van der Waals surface area contributed by atoms with Crippen molar-refractivity contribution in [3.05, 3.63) is 11.8 Å². The van der Waals surface area contributed by atoms with Crippen LogP contribution in [0.2, 0.25) is 0 Å². The fraction of sp³-hybridized carbons (Fsp3) is 0.824. The molecule has 1 aromatic rings. The van der Waals surface area contributed by atoms with Crippen LogP contribution in [0.1, 0.15) is 82.9 Å². The maximum Gasteiger partial charge on any atom is 0.124 e. The normalized spacial score (nSPS) is 23.6. The number of nitrogens with zero attached hydrogens (tertiary/aromatic N) is 2. The van der Waals surface area contributed by atoms with Gasteiger partial charge in [0.15, 0.2) is 0 Å². The number of fused-ring (bicyclic) bond motifs is 1. The average molecular weight is 275 g/mol. The smallest absolute Gasteiger partial charge is 0.124 e. The summed E-state index contributed by atoms with van der Waals surface area (Å²) in [4.78, 5) is 0. The first kappa shape index (κ1) is 14.0. The Morgan fingerprint density at radius 3 is 2.65 bits per heavy atom. The van der Waals surface area contributed by atoms with Gasteiger partial charge in [-0.1, -0.05) is 33.1 Å². The Labute approximate surface area is 123 Å². The van der Waals surface area contributed by atoms with E-state index >= 15 is 0 Å². The van der Waals surface area contributed by atoms with Crippen LogP contribution in [-0.4, -0.2) is 16.3 Å². The van der Waals surface area contributed by atoms with Crippen molar-refractivity contribution in [2.75, 3.05) is 11.9 Å². The van der Waals surface area contributed by atoms with E-state index in [0.717, 1.165) is 12.5 Å². The first-order chi connectivity index (χ1) is 9.83. The van der Waals surface area contributed by atoms with E-state index in [1.54, 1.807) is 0 Å². The molecular formula is C17H29N3. The SMILES string of the molecule is CCC(CC)c1cc2n(n1)C(C1CCCCC1)CCN2. The Hall–Kier alpha value is -0.990. The molecule has 1 aliphatic carbocycles. The fourth-order valence-corrected chi connectivity index (χ4v) is 4.13. The summed E-state index contributed by atoms with van der Waals surface area (Å²) in [6.07, 6.45) is 10.7. The Morgan fingerprint density at radius 2 is 1.95 bits per heavy atom. The lowest BCUT2D eigenvalue weighted by Gasteiger charge is -2.34. The molecule has 112 valence electrons. The lowest BCUT2D eigenvalue weighted by atomic mass is 9.82. The molecule has 3 nitrogen and oxygen atoms in total. The molecule has 2 aliphatic rings. The first-order valence-electron chi connectivity index (χ1n) is 8.66. The molecule has 1 saturated carbocycles. The number of rotatable bonds is 4. The van der Waals surface area contributed by atoms with E-state index in [1.165, 1.54) is 62.9 Å². The van der Waals surface area contributed by atoms with Gasteiger partial charge in [0, 0.05) is 18.5 Å². The zero-order valence-corrected chi connectivity index (χ0v) is 13.1. The molecule has 3 heteroatoms. The van der Waals surface area contributed by atoms with Crippen molar-refractivity contribution in [2.24, 2.45) is 5.92 Å². The van der Waals surface area contributed by atoms with E-state index in [4.69, 9.17) is 5.10 Å². The maximum atomic E-state index is 5.00. The monoisotopic (exact) mass is 275 g/mol. The Morgan fingerprint density at radius 1 is 1.20 bits per heavy atom. The molecule has 1 aromatic heterocycles. The van der Waals surface area contributed by atoms with Crippen LogP contribution in [0.15, 0.2) is 6.07 Å². The molecule has 1 atom stereocenters. The first-order valence-corrected chi connectivity index (χ1v) is 8.66. The van der Waals surface area contributed by atoms with Crippen molar-refractivity contribution >= 4 is 5.82 Å². The molecule has 1 fully saturated rings. The molecule has 0 radical (unpaired) electrons. The predicted octanol–water partition coefficient (Wildman–Crippen LogP) is 4.72. The van der Waals surface area contributed by atoms with Gasteiger partial charge in [0.1, 0.15) is 5.82 Å². The summed E-state index contributed by atoms with van der Waals surface area (Å²) in [5.74, 6) is 2.76. The largest absolute Gasteiger partial charge is 0.370 e. The number of anilines is 1. The van der Waals surface area contributed by atoms with Crippen LogP contribution < -0.4 is 5.32 Å². The van der Waals surface area contributed by atoms with Gasteiger partial charge in [0.05, 0.1) is 11.7 Å². The van der Waals surface area contributed by atoms with Crippen molar-refractivity contribution in [1.82, 2.24) is 9.78 Å². The second-order valence-electron chi connectivity index (χ2n) is 6.59. The van der Waals surface area contributed by atoms with Crippen molar-refractivity contribution < 1.29 is 0 Å². The van der Waals surface area contributed by atoms with Gasteiger partial charge in [0.25, 0.3) is 0 Å². The molecular weight excluding hydrogens is 246 g/mol. The quantitative estimate of drug-likeness (QED) is 0.861. The van der Waals surface area contributed by atoms with Crippen LogP contribution in [0, 0.1) is 5.92 Å². The second kappa shape index (κ2) is 6.19. The van der Waals surface area contributed by atoms with Crippen molar-refractivity contribution in [1.29, 1.82) is 0 Å². The van der Waals surface area contributed by atoms with E-state index in [-0.39, 0.29) is 0 Å². The summed E-state index contributed by atoms with van der Waals surface area (Å²) in [6.45, 7) is 5.67. The highest BCUT2D eigenvalue weighted by Crippen LogP contribution is 2.39. The van der Waals surface area contributed by atoms with Gasteiger partial charge in [-0.05, 0) is 38.0 Å². The summed E-state index contributed by atoms with van der Waals surface area (Å²) in [5, 5.41) is 8.56. The summed E-state index contributed by atoms with van der Waals surface area (Å²) < 4.78 is 2.34. The molecule has 2 heterocycles. The Bertz CT molecular complexity index is 427. The van der Waals surface area contributed by atoms with Crippen LogP contribution in [-0.2, 0) is 0 Å². The minimum absolute atomic E-state index is 0.627. The summed E-state index contributed by atoms with van der Waals surface area (Å²) in [6, 6.07) is 2.96. The van der Waals surface area contributed by atoms with E-state index in [9.17, 15) is 0 Å². The van der Waals surface area contributed by atoms with Crippen molar-refractivity contribution in [3.8, 4) is 0 Å². The second-order valence-corrected chi connectivity index (χ2v) is 6.59. The Kier molecular flexibility index (Phi) is 4.32. The van der Waals surface area contributed by atoms with Gasteiger partial charge in [-0.2, -0.15) is 5.10 Å². The molecule has 0 amide bonds. The van der Waals surface area contributed by atoms with Crippen LogP contribution in [0.25, 0.3) is 0 Å². The average Bonchev–Trinajstić information content (AvgIpc) is 2.93. The van der Waals surface area contributed by atoms with Crippen LogP contribution in [0.3, 0.4) is 0 Å². The van der Waals surface area contributed by atoms with E-state index in [0.29, 0.717) is 12.0 Å².